The Hall–Kier alpha value is -1.24. The second-order valence-corrected chi connectivity index (χ2v) is 3.28. The maximum absolute atomic E-state index is 13.2. The number of carboxylic acids is 1. The van der Waals surface area contributed by atoms with Gasteiger partial charge in [0.05, 0.1) is 0 Å². The van der Waals surface area contributed by atoms with E-state index in [1.165, 1.54) is 0 Å². The van der Waals surface area contributed by atoms with Crippen molar-refractivity contribution in [2.24, 2.45) is 0 Å². The first-order valence-corrected chi connectivity index (χ1v) is 5.15. The minimum absolute atomic E-state index is 0.103. The third kappa shape index (κ3) is 2.66. The Labute approximate surface area is 97.0 Å². The summed E-state index contributed by atoms with van der Waals surface area (Å²) in [5, 5.41) is 8.63. The maximum Gasteiger partial charge on any atom is 0.387 e. The van der Waals surface area contributed by atoms with Crippen molar-refractivity contribution in [2.75, 3.05) is 0 Å². The number of carboxylic acid groups (broad SMARTS) is 1. The molecule has 0 spiro atoms. The lowest BCUT2D eigenvalue weighted by Gasteiger charge is -2.11. The van der Waals surface area contributed by atoms with Crippen molar-refractivity contribution in [2.45, 2.75) is 11.9 Å². The molecule has 0 amide bonds. The van der Waals surface area contributed by atoms with Crippen LogP contribution in [0, 0.1) is 5.82 Å². The third-order valence-corrected chi connectivity index (χ3v) is 2.34. The average Bonchev–Trinajstić information content (AvgIpc) is 2.18. The van der Waals surface area contributed by atoms with E-state index in [1.54, 1.807) is 0 Å². The molecule has 0 aliphatic heterocycles. The van der Waals surface area contributed by atoms with Gasteiger partial charge in [-0.05, 0) is 12.1 Å². The Bertz CT molecular complexity index is 409. The number of ether oxygens (including phenoxy) is 1. The number of alkyl halides is 3. The van der Waals surface area contributed by atoms with Gasteiger partial charge in [-0.3, -0.25) is 0 Å². The molecule has 1 aromatic carbocycles. The van der Waals surface area contributed by atoms with Crippen LogP contribution in [0.25, 0.3) is 0 Å². The molecule has 3 nitrogen and oxygen atoms in total. The smallest absolute Gasteiger partial charge is 0.387 e. The summed E-state index contributed by atoms with van der Waals surface area (Å²) < 4.78 is 41.2. The van der Waals surface area contributed by atoms with E-state index in [-0.39, 0.29) is 16.6 Å². The third-order valence-electron chi connectivity index (χ3n) is 1.78. The maximum atomic E-state index is 13.2. The van der Waals surface area contributed by atoms with Crippen LogP contribution in [-0.4, -0.2) is 17.7 Å². The lowest BCUT2D eigenvalue weighted by molar-refractivity contribution is -0.0504. The summed E-state index contributed by atoms with van der Waals surface area (Å²) in [6, 6.07) is 1.73. The Morgan fingerprint density at radius 3 is 2.56 bits per heavy atom. The Morgan fingerprint density at radius 2 is 2.12 bits per heavy atom. The highest BCUT2D eigenvalue weighted by Gasteiger charge is 2.21. The summed E-state index contributed by atoms with van der Waals surface area (Å²) in [5.41, 5.74) is -0.831. The fourth-order valence-corrected chi connectivity index (χ4v) is 1.73. The summed E-state index contributed by atoms with van der Waals surface area (Å²) >= 11 is 2.90. The molecule has 0 saturated carbocycles. The van der Waals surface area contributed by atoms with Crippen LogP contribution in [0.1, 0.15) is 15.9 Å². The molecule has 0 fully saturated rings. The van der Waals surface area contributed by atoms with Crippen LogP contribution in [0.3, 0.4) is 0 Å². The van der Waals surface area contributed by atoms with Crippen molar-refractivity contribution in [3.8, 4) is 5.75 Å². The van der Waals surface area contributed by atoms with Gasteiger partial charge in [0, 0.05) is 10.9 Å². The standard InChI is InChI=1S/C9H6BrF3O3/c10-3-4-6(16-9(12)13)2-1-5(11)7(4)8(14)15/h1-2,9H,3H2,(H,14,15). The summed E-state index contributed by atoms with van der Waals surface area (Å²) in [4.78, 5) is 10.7. The lowest BCUT2D eigenvalue weighted by Crippen LogP contribution is -2.10. The molecule has 0 atom stereocenters. The highest BCUT2D eigenvalue weighted by atomic mass is 79.9. The van der Waals surface area contributed by atoms with Gasteiger partial charge in [0.15, 0.2) is 0 Å². The zero-order valence-corrected chi connectivity index (χ0v) is 9.30. The summed E-state index contributed by atoms with van der Waals surface area (Å²) in [6.07, 6.45) is 0. The topological polar surface area (TPSA) is 46.5 Å². The molecule has 0 heterocycles. The van der Waals surface area contributed by atoms with Gasteiger partial charge in [-0.2, -0.15) is 8.78 Å². The molecule has 1 aromatic rings. The minimum Gasteiger partial charge on any atom is -0.478 e. The molecule has 0 aliphatic carbocycles. The van der Waals surface area contributed by atoms with Gasteiger partial charge >= 0.3 is 12.6 Å². The van der Waals surface area contributed by atoms with Crippen LogP contribution in [-0.2, 0) is 5.33 Å². The SMILES string of the molecule is O=C(O)c1c(F)ccc(OC(F)F)c1CBr. The largest absolute Gasteiger partial charge is 0.478 e. The van der Waals surface area contributed by atoms with E-state index in [0.29, 0.717) is 0 Å². The quantitative estimate of drug-likeness (QED) is 0.869. The van der Waals surface area contributed by atoms with Gasteiger partial charge in [0.2, 0.25) is 0 Å². The molecule has 7 heteroatoms. The zero-order chi connectivity index (χ0) is 12.3. The van der Waals surface area contributed by atoms with Crippen molar-refractivity contribution in [3.05, 3.63) is 29.1 Å². The first-order chi connectivity index (χ1) is 7.47. The first kappa shape index (κ1) is 12.8. The molecule has 0 unspecified atom stereocenters. The highest BCUT2D eigenvalue weighted by molar-refractivity contribution is 9.08. The molecular weight excluding hydrogens is 293 g/mol. The second kappa shape index (κ2) is 5.20. The average molecular weight is 299 g/mol. The van der Waals surface area contributed by atoms with Crippen LogP contribution in [0.4, 0.5) is 13.2 Å². The molecule has 0 radical (unpaired) electrons. The zero-order valence-electron chi connectivity index (χ0n) is 7.71. The number of carbonyl (C=O) groups is 1. The minimum atomic E-state index is -3.09. The summed E-state index contributed by atoms with van der Waals surface area (Å²) in [5.74, 6) is -2.89. The van der Waals surface area contributed by atoms with E-state index in [9.17, 15) is 18.0 Å². The molecule has 0 aliphatic rings. The number of hydrogen-bond donors (Lipinski definition) is 1. The normalized spacial score (nSPS) is 10.6. The Morgan fingerprint density at radius 1 is 1.50 bits per heavy atom. The van der Waals surface area contributed by atoms with Crippen molar-refractivity contribution in [3.63, 3.8) is 0 Å². The van der Waals surface area contributed by atoms with Crippen LogP contribution in [0.5, 0.6) is 5.75 Å². The molecule has 1 N–H and O–H groups in total. The molecule has 0 aromatic heterocycles. The fourth-order valence-electron chi connectivity index (χ4n) is 1.17. The van der Waals surface area contributed by atoms with Gasteiger partial charge < -0.3 is 9.84 Å². The molecule has 0 saturated heterocycles. The van der Waals surface area contributed by atoms with Gasteiger partial charge in [-0.1, -0.05) is 15.9 Å². The number of rotatable bonds is 4. The fraction of sp³-hybridized carbons (Fsp3) is 0.222. The van der Waals surface area contributed by atoms with E-state index in [0.717, 1.165) is 12.1 Å². The number of aromatic carboxylic acids is 1. The lowest BCUT2D eigenvalue weighted by atomic mass is 10.1. The van der Waals surface area contributed by atoms with E-state index >= 15 is 0 Å². The molecule has 0 bridgehead atoms. The van der Waals surface area contributed by atoms with Gasteiger partial charge in [-0.15, -0.1) is 0 Å². The monoisotopic (exact) mass is 298 g/mol. The molecular formula is C9H6BrF3O3. The predicted octanol–water partition coefficient (Wildman–Crippen LogP) is 3.02. The number of halogens is 4. The summed E-state index contributed by atoms with van der Waals surface area (Å²) in [7, 11) is 0. The number of hydrogen-bond acceptors (Lipinski definition) is 2. The first-order valence-electron chi connectivity index (χ1n) is 4.02. The second-order valence-electron chi connectivity index (χ2n) is 2.72. The van der Waals surface area contributed by atoms with Crippen molar-refractivity contribution in [1.82, 2.24) is 0 Å². The van der Waals surface area contributed by atoms with E-state index < -0.39 is 24.0 Å². The van der Waals surface area contributed by atoms with Crippen LogP contribution < -0.4 is 4.74 Å². The molecule has 1 rings (SSSR count). The van der Waals surface area contributed by atoms with Gasteiger partial charge in [0.25, 0.3) is 0 Å². The Kier molecular flexibility index (Phi) is 4.17. The van der Waals surface area contributed by atoms with E-state index in [4.69, 9.17) is 5.11 Å². The predicted molar refractivity (Wildman–Crippen MR) is 52.6 cm³/mol. The van der Waals surface area contributed by atoms with Crippen molar-refractivity contribution >= 4 is 21.9 Å². The van der Waals surface area contributed by atoms with Crippen LogP contribution in [0.2, 0.25) is 0 Å². The van der Waals surface area contributed by atoms with Crippen molar-refractivity contribution in [1.29, 1.82) is 0 Å². The van der Waals surface area contributed by atoms with E-state index in [2.05, 4.69) is 20.7 Å². The van der Waals surface area contributed by atoms with E-state index in [1.807, 2.05) is 0 Å². The van der Waals surface area contributed by atoms with Gasteiger partial charge in [-0.25, -0.2) is 9.18 Å². The highest BCUT2D eigenvalue weighted by Crippen LogP contribution is 2.28. The molecule has 88 valence electrons. The summed E-state index contributed by atoms with van der Waals surface area (Å²) in [6.45, 7) is -3.09. The Balaban J connectivity index is 3.31. The van der Waals surface area contributed by atoms with Crippen LogP contribution in [0.15, 0.2) is 12.1 Å². The van der Waals surface area contributed by atoms with Crippen molar-refractivity contribution < 1.29 is 27.8 Å². The molecule has 16 heavy (non-hydrogen) atoms. The van der Waals surface area contributed by atoms with Crippen LogP contribution >= 0.6 is 15.9 Å². The van der Waals surface area contributed by atoms with Gasteiger partial charge in [0.1, 0.15) is 17.1 Å². The number of benzene rings is 1.